The van der Waals surface area contributed by atoms with Gasteiger partial charge in [0.05, 0.1) is 5.92 Å². The Morgan fingerprint density at radius 1 is 1.05 bits per heavy atom. The van der Waals surface area contributed by atoms with Crippen molar-refractivity contribution in [3.8, 4) is 0 Å². The third-order valence-electron chi connectivity index (χ3n) is 3.36. The summed E-state index contributed by atoms with van der Waals surface area (Å²) in [6.45, 7) is 10.7. The highest BCUT2D eigenvalue weighted by Gasteiger charge is 2.41. The summed E-state index contributed by atoms with van der Waals surface area (Å²) in [5.74, 6) is -0.918. The van der Waals surface area contributed by atoms with Crippen molar-refractivity contribution in [2.24, 2.45) is 11.8 Å². The van der Waals surface area contributed by atoms with E-state index < -0.39 is 23.2 Å². The molecule has 6 heteroatoms. The number of hydrogen-bond acceptors (Lipinski definition) is 5. The van der Waals surface area contributed by atoms with Gasteiger partial charge in [-0.1, -0.05) is 0 Å². The molecule has 1 saturated carbocycles. The molecule has 0 heterocycles. The fraction of sp³-hybridized carbons (Fsp3) is 0.875. The first kappa shape index (κ1) is 18.7. The van der Waals surface area contributed by atoms with Crippen molar-refractivity contribution in [1.29, 1.82) is 0 Å². The Hall–Kier alpha value is -1.30. The van der Waals surface area contributed by atoms with E-state index in [0.717, 1.165) is 0 Å². The van der Waals surface area contributed by atoms with E-state index in [4.69, 9.17) is 9.47 Å². The molecule has 0 aromatic carbocycles. The summed E-state index contributed by atoms with van der Waals surface area (Å²) in [4.78, 5) is 24.0. The number of carbonyl (C=O) groups is 2. The zero-order chi connectivity index (χ0) is 17.1. The molecule has 1 aliphatic rings. The third kappa shape index (κ3) is 6.22. The van der Waals surface area contributed by atoms with Crippen LogP contribution in [0.15, 0.2) is 0 Å². The lowest BCUT2D eigenvalue weighted by atomic mass is 9.97. The average molecular weight is 315 g/mol. The molecule has 0 aromatic heterocycles. The summed E-state index contributed by atoms with van der Waals surface area (Å²) in [5, 5.41) is 12.2. The van der Waals surface area contributed by atoms with Crippen LogP contribution in [0.4, 0.5) is 4.79 Å². The maximum absolute atomic E-state index is 12.2. The Balaban J connectivity index is 2.61. The van der Waals surface area contributed by atoms with E-state index in [0.29, 0.717) is 12.8 Å². The first-order chi connectivity index (χ1) is 9.91. The minimum absolute atomic E-state index is 0.101. The molecule has 1 rings (SSSR count). The van der Waals surface area contributed by atoms with Crippen LogP contribution < -0.4 is 5.32 Å². The van der Waals surface area contributed by atoms with Crippen molar-refractivity contribution >= 4 is 12.1 Å². The first-order valence-electron chi connectivity index (χ1n) is 7.74. The molecule has 0 radical (unpaired) electrons. The molecule has 3 unspecified atom stereocenters. The molecule has 1 aliphatic carbocycles. The molecule has 0 spiro atoms. The zero-order valence-electron chi connectivity index (χ0n) is 14.4. The summed E-state index contributed by atoms with van der Waals surface area (Å²) in [5.41, 5.74) is -1.13. The van der Waals surface area contributed by atoms with E-state index in [9.17, 15) is 14.7 Å². The Morgan fingerprint density at radius 2 is 1.59 bits per heavy atom. The number of rotatable bonds is 3. The van der Waals surface area contributed by atoms with Crippen LogP contribution in [-0.4, -0.2) is 41.0 Å². The number of esters is 1. The Labute approximate surface area is 132 Å². The normalized spacial score (nSPS) is 25.7. The second-order valence-electron chi connectivity index (χ2n) is 7.90. The fourth-order valence-electron chi connectivity index (χ4n) is 2.58. The third-order valence-corrected chi connectivity index (χ3v) is 3.36. The minimum Gasteiger partial charge on any atom is -0.460 e. The smallest absolute Gasteiger partial charge is 0.407 e. The Morgan fingerprint density at radius 3 is 2.05 bits per heavy atom. The van der Waals surface area contributed by atoms with Gasteiger partial charge in [-0.05, 0) is 60.3 Å². The zero-order valence-corrected chi connectivity index (χ0v) is 14.4. The molecular formula is C16H29NO5. The molecule has 3 atom stereocenters. The van der Waals surface area contributed by atoms with Gasteiger partial charge in [0.1, 0.15) is 11.2 Å². The summed E-state index contributed by atoms with van der Waals surface area (Å²) in [6.07, 6.45) is 0.498. The number of amides is 1. The van der Waals surface area contributed by atoms with Gasteiger partial charge in [-0.2, -0.15) is 0 Å². The standard InChI is InChI=1S/C16H29NO5/c1-15(2,3)21-13(19)12-8-11(7-10(12)9-18)17-14(20)22-16(4,5)6/h10-12,18H,7-9H2,1-6H3,(H,17,20). The molecular weight excluding hydrogens is 286 g/mol. The van der Waals surface area contributed by atoms with Gasteiger partial charge in [-0.3, -0.25) is 4.79 Å². The lowest BCUT2D eigenvalue weighted by molar-refractivity contribution is -0.161. The SMILES string of the molecule is CC(C)(C)OC(=O)NC1CC(CO)C(C(=O)OC(C)(C)C)C1. The molecule has 0 bridgehead atoms. The van der Waals surface area contributed by atoms with E-state index in [1.54, 1.807) is 20.8 Å². The van der Waals surface area contributed by atoms with Crippen LogP contribution in [0.3, 0.4) is 0 Å². The predicted molar refractivity (Wildman–Crippen MR) is 82.3 cm³/mol. The number of aliphatic hydroxyl groups excluding tert-OH is 1. The molecule has 1 fully saturated rings. The van der Waals surface area contributed by atoms with Crippen LogP contribution in [0.1, 0.15) is 54.4 Å². The topological polar surface area (TPSA) is 84.9 Å². The van der Waals surface area contributed by atoms with Gasteiger partial charge in [-0.15, -0.1) is 0 Å². The van der Waals surface area contributed by atoms with Crippen molar-refractivity contribution in [2.75, 3.05) is 6.61 Å². The number of aliphatic hydroxyl groups is 1. The van der Waals surface area contributed by atoms with E-state index in [1.165, 1.54) is 0 Å². The molecule has 0 aliphatic heterocycles. The van der Waals surface area contributed by atoms with Gasteiger partial charge in [0.2, 0.25) is 0 Å². The van der Waals surface area contributed by atoms with Gasteiger partial charge in [0, 0.05) is 12.6 Å². The molecule has 6 nitrogen and oxygen atoms in total. The van der Waals surface area contributed by atoms with E-state index in [-0.39, 0.29) is 24.5 Å². The highest BCUT2D eigenvalue weighted by molar-refractivity contribution is 5.74. The van der Waals surface area contributed by atoms with Crippen molar-refractivity contribution in [3.63, 3.8) is 0 Å². The van der Waals surface area contributed by atoms with Gasteiger partial charge >= 0.3 is 12.1 Å². The molecule has 128 valence electrons. The van der Waals surface area contributed by atoms with E-state index in [2.05, 4.69) is 5.32 Å². The predicted octanol–water partition coefficient (Wildman–Crippen LogP) is 2.24. The van der Waals surface area contributed by atoms with Crippen molar-refractivity contribution in [2.45, 2.75) is 71.6 Å². The van der Waals surface area contributed by atoms with Gasteiger partial charge in [0.25, 0.3) is 0 Å². The van der Waals surface area contributed by atoms with Crippen molar-refractivity contribution in [3.05, 3.63) is 0 Å². The number of alkyl carbamates (subject to hydrolysis) is 1. The Bertz CT molecular complexity index is 408. The second kappa shape index (κ2) is 6.86. The maximum atomic E-state index is 12.2. The second-order valence-corrected chi connectivity index (χ2v) is 7.90. The molecule has 0 saturated heterocycles. The molecule has 22 heavy (non-hydrogen) atoms. The molecule has 2 N–H and O–H groups in total. The quantitative estimate of drug-likeness (QED) is 0.780. The lowest BCUT2D eigenvalue weighted by Gasteiger charge is -2.24. The van der Waals surface area contributed by atoms with Crippen LogP contribution in [0.2, 0.25) is 0 Å². The number of carbonyl (C=O) groups excluding carboxylic acids is 2. The van der Waals surface area contributed by atoms with Crippen LogP contribution in [0.25, 0.3) is 0 Å². The maximum Gasteiger partial charge on any atom is 0.407 e. The van der Waals surface area contributed by atoms with Crippen LogP contribution in [-0.2, 0) is 14.3 Å². The highest BCUT2D eigenvalue weighted by Crippen LogP contribution is 2.34. The number of ether oxygens (including phenoxy) is 2. The van der Waals surface area contributed by atoms with E-state index >= 15 is 0 Å². The summed E-state index contributed by atoms with van der Waals surface area (Å²) >= 11 is 0. The first-order valence-corrected chi connectivity index (χ1v) is 7.74. The van der Waals surface area contributed by atoms with Gasteiger partial charge in [-0.25, -0.2) is 4.79 Å². The highest BCUT2D eigenvalue weighted by atomic mass is 16.6. The molecule has 1 amide bonds. The van der Waals surface area contributed by atoms with Crippen molar-refractivity contribution in [1.82, 2.24) is 5.32 Å². The lowest BCUT2D eigenvalue weighted by Crippen LogP contribution is -2.38. The monoisotopic (exact) mass is 315 g/mol. The van der Waals surface area contributed by atoms with Crippen LogP contribution >= 0.6 is 0 Å². The number of nitrogens with one attached hydrogen (secondary N) is 1. The summed E-state index contributed by atoms with van der Waals surface area (Å²) < 4.78 is 10.6. The average Bonchev–Trinajstić information content (AvgIpc) is 2.66. The van der Waals surface area contributed by atoms with Gasteiger partial charge in [0.15, 0.2) is 0 Å². The van der Waals surface area contributed by atoms with E-state index in [1.807, 2.05) is 20.8 Å². The summed E-state index contributed by atoms with van der Waals surface area (Å²) in [7, 11) is 0. The number of hydrogen-bond donors (Lipinski definition) is 2. The fourth-order valence-corrected chi connectivity index (χ4v) is 2.58. The molecule has 0 aromatic rings. The largest absolute Gasteiger partial charge is 0.460 e. The Kier molecular flexibility index (Phi) is 5.84. The summed E-state index contributed by atoms with van der Waals surface area (Å²) in [6, 6.07) is -0.190. The minimum atomic E-state index is -0.566. The van der Waals surface area contributed by atoms with Gasteiger partial charge < -0.3 is 19.9 Å². The van der Waals surface area contributed by atoms with Crippen LogP contribution in [0.5, 0.6) is 0 Å². The van der Waals surface area contributed by atoms with Crippen molar-refractivity contribution < 1.29 is 24.2 Å². The van der Waals surface area contributed by atoms with Crippen LogP contribution in [0, 0.1) is 11.8 Å².